The third-order valence-electron chi connectivity index (χ3n) is 11.9. The van der Waals surface area contributed by atoms with Gasteiger partial charge in [-0.1, -0.05) is 24.6 Å². The topological polar surface area (TPSA) is 69.7 Å². The molecule has 1 aromatic rings. The van der Waals surface area contributed by atoms with E-state index in [0.717, 1.165) is 70.1 Å². The standard InChI is InChI=1S/C34H44O6/c1-3-28-34(40-28)16-13-26-24-11-14-32(35)21-33(37-18-19-38-33)15-12-27(32)30(24)25(20-31(26,34)2)22-7-9-23(10-8-22)39-29-6-4-5-17-36-29/h3,7-10,24-26,29,35H,4-6,11-21H2,1-2H3/b28-3-/t24-,25+,26-,29?,31-,32+,34+/m0/s1. The Morgan fingerprint density at radius 1 is 0.975 bits per heavy atom. The van der Waals surface area contributed by atoms with E-state index in [1.807, 2.05) is 0 Å². The van der Waals surface area contributed by atoms with E-state index in [0.29, 0.717) is 31.5 Å². The van der Waals surface area contributed by atoms with Gasteiger partial charge in [-0.2, -0.15) is 0 Å². The van der Waals surface area contributed by atoms with E-state index in [4.69, 9.17) is 23.7 Å². The van der Waals surface area contributed by atoms with Gasteiger partial charge in [0, 0.05) is 30.6 Å². The van der Waals surface area contributed by atoms with Crippen LogP contribution in [0.25, 0.3) is 0 Å². The first kappa shape index (κ1) is 25.8. The molecule has 0 radical (unpaired) electrons. The lowest BCUT2D eigenvalue weighted by atomic mass is 9.50. The van der Waals surface area contributed by atoms with Crippen molar-refractivity contribution in [3.63, 3.8) is 0 Å². The lowest BCUT2D eigenvalue weighted by Crippen LogP contribution is -2.54. The van der Waals surface area contributed by atoms with Crippen molar-refractivity contribution in [1.82, 2.24) is 0 Å². The minimum atomic E-state index is -0.845. The molecular formula is C34H44O6. The number of ether oxygens (including phenoxy) is 5. The van der Waals surface area contributed by atoms with E-state index < -0.39 is 11.4 Å². The van der Waals surface area contributed by atoms with E-state index in [2.05, 4.69) is 44.2 Å². The van der Waals surface area contributed by atoms with E-state index in [-0.39, 0.29) is 23.2 Å². The fourth-order valence-electron chi connectivity index (χ4n) is 10.1. The molecule has 7 atom stereocenters. The minimum Gasteiger partial charge on any atom is -0.479 e. The summed E-state index contributed by atoms with van der Waals surface area (Å²) in [5.41, 5.74) is 3.28. The van der Waals surface area contributed by atoms with Gasteiger partial charge >= 0.3 is 0 Å². The Morgan fingerprint density at radius 2 is 1.80 bits per heavy atom. The molecule has 6 heteroatoms. The highest BCUT2D eigenvalue weighted by Gasteiger charge is 2.73. The summed E-state index contributed by atoms with van der Waals surface area (Å²) in [7, 11) is 0. The Hall–Kier alpha value is -1.86. The molecule has 216 valence electrons. The van der Waals surface area contributed by atoms with Crippen molar-refractivity contribution in [2.24, 2.45) is 17.3 Å². The molecule has 7 aliphatic rings. The van der Waals surface area contributed by atoms with Gasteiger partial charge in [0.05, 0.1) is 25.4 Å². The summed E-state index contributed by atoms with van der Waals surface area (Å²) < 4.78 is 30.7. The van der Waals surface area contributed by atoms with Crippen molar-refractivity contribution >= 4 is 0 Å². The van der Waals surface area contributed by atoms with Gasteiger partial charge in [-0.25, -0.2) is 0 Å². The molecule has 0 amide bonds. The molecule has 3 saturated heterocycles. The van der Waals surface area contributed by atoms with Gasteiger partial charge in [-0.05, 0) is 99.5 Å². The van der Waals surface area contributed by atoms with Crippen molar-refractivity contribution in [1.29, 1.82) is 0 Å². The Kier molecular flexibility index (Phi) is 5.85. The van der Waals surface area contributed by atoms with E-state index in [1.165, 1.54) is 28.9 Å². The second-order valence-electron chi connectivity index (χ2n) is 13.8. The van der Waals surface area contributed by atoms with Crippen LogP contribution in [0.15, 0.2) is 47.2 Å². The number of benzene rings is 1. The molecule has 1 unspecified atom stereocenters. The Morgan fingerprint density at radius 3 is 2.52 bits per heavy atom. The third kappa shape index (κ3) is 3.68. The first-order valence-corrected chi connectivity index (χ1v) is 15.9. The molecule has 3 heterocycles. The van der Waals surface area contributed by atoms with Crippen LogP contribution in [0, 0.1) is 17.3 Å². The molecule has 6 nitrogen and oxygen atoms in total. The molecule has 3 saturated carbocycles. The zero-order valence-corrected chi connectivity index (χ0v) is 24.1. The normalized spacial score (nSPS) is 44.3. The fourth-order valence-corrected chi connectivity index (χ4v) is 10.1. The van der Waals surface area contributed by atoms with Crippen LogP contribution in [0.4, 0.5) is 0 Å². The first-order chi connectivity index (χ1) is 19.4. The van der Waals surface area contributed by atoms with Crippen molar-refractivity contribution in [3.8, 4) is 5.75 Å². The quantitative estimate of drug-likeness (QED) is 0.342. The van der Waals surface area contributed by atoms with Crippen molar-refractivity contribution in [2.75, 3.05) is 19.8 Å². The molecule has 40 heavy (non-hydrogen) atoms. The summed E-state index contributed by atoms with van der Waals surface area (Å²) in [6.45, 7) is 6.66. The number of epoxide rings is 1. The summed E-state index contributed by atoms with van der Waals surface area (Å²) in [6, 6.07) is 8.79. The second kappa shape index (κ2) is 9.07. The maximum Gasteiger partial charge on any atom is 0.199 e. The van der Waals surface area contributed by atoms with Gasteiger partial charge in [-0.3, -0.25) is 0 Å². The van der Waals surface area contributed by atoms with E-state index >= 15 is 0 Å². The van der Waals surface area contributed by atoms with Crippen LogP contribution in [-0.2, 0) is 18.9 Å². The summed E-state index contributed by atoms with van der Waals surface area (Å²) in [5.74, 6) is 2.78. The zero-order valence-electron chi connectivity index (χ0n) is 24.1. The Balaban J connectivity index is 1.18. The molecular weight excluding hydrogens is 504 g/mol. The third-order valence-corrected chi connectivity index (χ3v) is 11.9. The largest absolute Gasteiger partial charge is 0.479 e. The molecule has 1 aromatic carbocycles. The highest BCUT2D eigenvalue weighted by Crippen LogP contribution is 2.74. The summed E-state index contributed by atoms with van der Waals surface area (Å²) in [5, 5.41) is 12.3. The number of hydrogen-bond donors (Lipinski definition) is 1. The zero-order chi connectivity index (χ0) is 27.2. The van der Waals surface area contributed by atoms with E-state index in [1.54, 1.807) is 0 Å². The van der Waals surface area contributed by atoms with Gasteiger partial charge < -0.3 is 28.8 Å². The second-order valence-corrected chi connectivity index (χ2v) is 13.8. The average molecular weight is 549 g/mol. The predicted molar refractivity (Wildman–Crippen MR) is 150 cm³/mol. The molecule has 8 rings (SSSR count). The van der Waals surface area contributed by atoms with Gasteiger partial charge in [-0.15, -0.1) is 0 Å². The smallest absolute Gasteiger partial charge is 0.199 e. The lowest BCUT2D eigenvalue weighted by molar-refractivity contribution is -0.208. The van der Waals surface area contributed by atoms with Crippen LogP contribution < -0.4 is 4.74 Å². The van der Waals surface area contributed by atoms with Crippen molar-refractivity contribution in [3.05, 3.63) is 52.8 Å². The minimum absolute atomic E-state index is 0.0857. The van der Waals surface area contributed by atoms with Crippen LogP contribution in [-0.4, -0.2) is 48.2 Å². The van der Waals surface area contributed by atoms with Crippen molar-refractivity contribution < 1.29 is 28.8 Å². The number of rotatable bonds is 3. The van der Waals surface area contributed by atoms with Crippen LogP contribution in [0.3, 0.4) is 0 Å². The highest BCUT2D eigenvalue weighted by atomic mass is 16.7. The van der Waals surface area contributed by atoms with Crippen LogP contribution in [0.5, 0.6) is 5.75 Å². The highest BCUT2D eigenvalue weighted by molar-refractivity contribution is 5.47. The predicted octanol–water partition coefficient (Wildman–Crippen LogP) is 6.53. The Bertz CT molecular complexity index is 1220. The van der Waals surface area contributed by atoms with Crippen LogP contribution in [0.1, 0.15) is 96.0 Å². The summed E-state index contributed by atoms with van der Waals surface area (Å²) in [4.78, 5) is 0. The van der Waals surface area contributed by atoms with Crippen molar-refractivity contribution in [2.45, 2.75) is 114 Å². The maximum atomic E-state index is 12.3. The van der Waals surface area contributed by atoms with Crippen LogP contribution in [0.2, 0.25) is 0 Å². The monoisotopic (exact) mass is 548 g/mol. The fraction of sp³-hybridized carbons (Fsp3) is 0.706. The van der Waals surface area contributed by atoms with Gasteiger partial charge in [0.1, 0.15) is 11.5 Å². The number of fused-ring (bicyclic) bond motifs is 5. The molecule has 6 fully saturated rings. The van der Waals surface area contributed by atoms with Crippen LogP contribution >= 0.6 is 0 Å². The number of hydrogen-bond acceptors (Lipinski definition) is 6. The molecule has 2 spiro atoms. The molecule has 3 aliphatic heterocycles. The maximum absolute atomic E-state index is 12.3. The van der Waals surface area contributed by atoms with E-state index in [9.17, 15) is 5.11 Å². The van der Waals surface area contributed by atoms with Gasteiger partial charge in [0.25, 0.3) is 0 Å². The summed E-state index contributed by atoms with van der Waals surface area (Å²) in [6.07, 6.45) is 12.7. The molecule has 0 aromatic heterocycles. The molecule has 4 aliphatic carbocycles. The SMILES string of the molecule is C/C=C1\O[C@]12CC[C@H]1[C@@H]3CC[C@@]4(O)CC5(CCC4=C3[C@@H](c3ccc(OC4CCCCO4)cc3)C[C@@]12C)OCCO5. The number of allylic oxidation sites excluding steroid dienone is 2. The Labute approximate surface area is 238 Å². The number of aliphatic hydroxyl groups is 1. The first-order valence-electron chi connectivity index (χ1n) is 15.9. The van der Waals surface area contributed by atoms with Gasteiger partial charge in [0.2, 0.25) is 0 Å². The summed E-state index contributed by atoms with van der Waals surface area (Å²) >= 11 is 0. The average Bonchev–Trinajstić information content (AvgIpc) is 3.41. The lowest BCUT2D eigenvalue weighted by Gasteiger charge is -2.56. The molecule has 1 N–H and O–H groups in total. The van der Waals surface area contributed by atoms with Gasteiger partial charge in [0.15, 0.2) is 17.7 Å². The molecule has 0 bridgehead atoms.